The van der Waals surface area contributed by atoms with Gasteiger partial charge in [-0.2, -0.15) is 0 Å². The molecule has 0 spiro atoms. The van der Waals surface area contributed by atoms with E-state index in [9.17, 15) is 0 Å². The molecular weight excluding hydrogens is 467 g/mol. The molecule has 158 valence electrons. The number of rotatable bonds is 2. The van der Waals surface area contributed by atoms with Gasteiger partial charge >= 0.3 is 185 Å². The van der Waals surface area contributed by atoms with Crippen molar-refractivity contribution < 1.29 is 42.2 Å². The minimum Gasteiger partial charge on any atom is -1.00 e. The standard InChI is InChI=1S/2C14H11.CH2.2ClH.Ti/c2*1-10-6-7-14-12(8-10)9-11-4-2-3-5-13(11)14;;;;/h2*2-8,13H,1H3;1H2;2*1H;/q;;;;;+2/p-2. The van der Waals surface area contributed by atoms with Crippen LogP contribution >= 0.6 is 0 Å². The zero-order valence-electron chi connectivity index (χ0n) is 18.2. The topological polar surface area (TPSA) is 0 Å². The molecule has 0 aliphatic heterocycles. The Kier molecular flexibility index (Phi) is 6.36. The molecule has 4 aliphatic carbocycles. The molecule has 0 saturated carbocycles. The molecule has 0 radical (unpaired) electrons. The van der Waals surface area contributed by atoms with Crippen molar-refractivity contribution in [1.29, 1.82) is 0 Å². The Morgan fingerprint density at radius 2 is 1.09 bits per heavy atom. The van der Waals surface area contributed by atoms with Crippen molar-refractivity contribution in [3.05, 3.63) is 130 Å². The molecule has 0 heterocycles. The summed E-state index contributed by atoms with van der Waals surface area (Å²) in [6, 6.07) is 14.0. The van der Waals surface area contributed by atoms with Crippen molar-refractivity contribution >= 4 is 12.6 Å². The number of halogens is 2. The first-order valence-corrected chi connectivity index (χ1v) is 13.4. The Morgan fingerprint density at radius 3 is 1.53 bits per heavy atom. The smallest absolute Gasteiger partial charge is 1.00 e. The first-order chi connectivity index (χ1) is 14.6. The van der Waals surface area contributed by atoms with E-state index in [-0.39, 0.29) is 24.8 Å². The first kappa shape index (κ1) is 23.2. The molecule has 0 nitrogen and oxygen atoms in total. The average molecular weight is 491 g/mol. The van der Waals surface area contributed by atoms with Crippen LogP contribution in [-0.2, 0) is 17.4 Å². The number of hydrogen-bond donors (Lipinski definition) is 0. The van der Waals surface area contributed by atoms with Crippen LogP contribution in [0.15, 0.2) is 96.2 Å². The van der Waals surface area contributed by atoms with Crippen LogP contribution in [0.1, 0.15) is 45.2 Å². The van der Waals surface area contributed by atoms with Gasteiger partial charge < -0.3 is 24.8 Å². The van der Waals surface area contributed by atoms with Gasteiger partial charge in [0.2, 0.25) is 0 Å². The number of allylic oxidation sites excluding steroid dienone is 10. The van der Waals surface area contributed by atoms with Gasteiger partial charge in [-0.3, -0.25) is 0 Å². The van der Waals surface area contributed by atoms with E-state index in [1.807, 2.05) is 0 Å². The summed E-state index contributed by atoms with van der Waals surface area (Å²) in [6.45, 7) is 4.42. The molecule has 0 N–H and O–H groups in total. The van der Waals surface area contributed by atoms with E-state index in [1.54, 1.807) is 7.76 Å². The van der Waals surface area contributed by atoms with Crippen molar-refractivity contribution in [1.82, 2.24) is 0 Å². The number of benzene rings is 2. The monoisotopic (exact) mass is 490 g/mol. The molecule has 0 fully saturated rings. The number of aryl methyl sites for hydroxylation is 2. The largest absolute Gasteiger partial charge is 1.00 e. The van der Waals surface area contributed by atoms with Gasteiger partial charge in [0.15, 0.2) is 0 Å². The zero-order chi connectivity index (χ0) is 20.4. The number of hydrogen-bond acceptors (Lipinski definition) is 0. The fourth-order valence-corrected chi connectivity index (χ4v) is 9.45. The molecule has 2 unspecified atom stereocenters. The van der Waals surface area contributed by atoms with Crippen LogP contribution < -0.4 is 24.8 Å². The van der Waals surface area contributed by atoms with E-state index in [0.717, 1.165) is 0 Å². The van der Waals surface area contributed by atoms with Crippen LogP contribution in [0.4, 0.5) is 0 Å². The molecular formula is C29H24Cl2Ti. The van der Waals surface area contributed by atoms with E-state index >= 15 is 0 Å². The van der Waals surface area contributed by atoms with Gasteiger partial charge in [0.1, 0.15) is 0 Å². The van der Waals surface area contributed by atoms with Crippen molar-refractivity contribution in [3.63, 3.8) is 0 Å². The second-order valence-corrected chi connectivity index (χ2v) is 11.8. The maximum Gasteiger partial charge on any atom is -1.00 e. The molecule has 3 heteroatoms. The van der Waals surface area contributed by atoms with Gasteiger partial charge in [0.25, 0.3) is 0 Å². The summed E-state index contributed by atoms with van der Waals surface area (Å²) in [5.74, 6) is 0.790. The Labute approximate surface area is 209 Å². The summed E-state index contributed by atoms with van der Waals surface area (Å²) >= 11 is -2.02. The Morgan fingerprint density at radius 1 is 0.656 bits per heavy atom. The van der Waals surface area contributed by atoms with Crippen molar-refractivity contribution in [2.24, 2.45) is 0 Å². The normalized spacial score (nSPS) is 20.7. The Bertz CT molecular complexity index is 1230. The molecule has 0 amide bonds. The predicted octanol–water partition coefficient (Wildman–Crippen LogP) is 0.930. The second kappa shape index (κ2) is 8.77. The third-order valence-electron chi connectivity index (χ3n) is 6.86. The van der Waals surface area contributed by atoms with Crippen LogP contribution in [0, 0.1) is 13.8 Å². The third kappa shape index (κ3) is 3.37. The minimum atomic E-state index is -2.02. The quantitative estimate of drug-likeness (QED) is 0.549. The summed E-state index contributed by atoms with van der Waals surface area (Å²) in [7, 11) is 0. The van der Waals surface area contributed by atoms with Gasteiger partial charge in [-0.15, -0.1) is 0 Å². The Balaban J connectivity index is 0.00000122. The van der Waals surface area contributed by atoms with Gasteiger partial charge in [0.05, 0.1) is 0 Å². The summed E-state index contributed by atoms with van der Waals surface area (Å²) < 4.78 is 3.13. The predicted molar refractivity (Wildman–Crippen MR) is 125 cm³/mol. The second-order valence-electron chi connectivity index (χ2n) is 8.76. The van der Waals surface area contributed by atoms with Crippen LogP contribution in [0.25, 0.3) is 7.76 Å². The van der Waals surface area contributed by atoms with E-state index in [4.69, 9.17) is 4.82 Å². The molecule has 2 atom stereocenters. The van der Waals surface area contributed by atoms with Crippen LogP contribution in [0.3, 0.4) is 0 Å². The van der Waals surface area contributed by atoms with Crippen LogP contribution in [0.2, 0.25) is 0 Å². The fraction of sp³-hybridized carbons (Fsp3) is 0.138. The van der Waals surface area contributed by atoms with E-state index in [1.165, 1.54) is 44.5 Å². The van der Waals surface area contributed by atoms with E-state index in [0.29, 0.717) is 11.8 Å². The van der Waals surface area contributed by atoms with E-state index < -0.39 is 17.4 Å². The fourth-order valence-electron chi connectivity index (χ4n) is 5.53. The van der Waals surface area contributed by atoms with Gasteiger partial charge in [0, 0.05) is 0 Å². The average Bonchev–Trinajstić information content (AvgIpc) is 3.25. The van der Waals surface area contributed by atoms with Gasteiger partial charge in [-0.1, -0.05) is 0 Å². The molecule has 32 heavy (non-hydrogen) atoms. The summed E-state index contributed by atoms with van der Waals surface area (Å²) in [6.07, 6.45) is 18.2. The maximum atomic E-state index is 4.98. The minimum absolute atomic E-state index is 0. The van der Waals surface area contributed by atoms with Crippen LogP contribution in [-0.4, -0.2) is 4.82 Å². The van der Waals surface area contributed by atoms with Gasteiger partial charge in [-0.05, 0) is 0 Å². The summed E-state index contributed by atoms with van der Waals surface area (Å²) in [5.41, 5.74) is 11.5. The van der Waals surface area contributed by atoms with Crippen molar-refractivity contribution in [2.45, 2.75) is 25.7 Å². The maximum absolute atomic E-state index is 4.98. The van der Waals surface area contributed by atoms with Crippen LogP contribution in [0.5, 0.6) is 0 Å². The molecule has 6 rings (SSSR count). The molecule has 0 bridgehead atoms. The molecule has 2 aromatic rings. The summed E-state index contributed by atoms with van der Waals surface area (Å²) in [4.78, 5) is 4.98. The summed E-state index contributed by atoms with van der Waals surface area (Å²) in [5, 5.41) is 0. The number of fused-ring (bicyclic) bond motifs is 6. The third-order valence-corrected chi connectivity index (χ3v) is 10.5. The molecule has 0 saturated heterocycles. The van der Waals surface area contributed by atoms with Crippen molar-refractivity contribution in [3.8, 4) is 0 Å². The van der Waals surface area contributed by atoms with Crippen molar-refractivity contribution in [2.75, 3.05) is 0 Å². The SMILES string of the molecule is [CH2]=[Ti+2]([C]1=C2C=CC=CC2c2ccc(C)cc21)[C]1=C2C=CC=CC2c2ccc(C)cc21.[Cl-].[Cl-]. The van der Waals surface area contributed by atoms with Gasteiger partial charge in [-0.25, -0.2) is 0 Å². The zero-order valence-corrected chi connectivity index (χ0v) is 21.3. The Hall–Kier alpha value is -1.96. The molecule has 0 aromatic heterocycles. The first-order valence-electron chi connectivity index (χ1n) is 10.7. The molecule has 2 aromatic carbocycles. The molecule has 4 aliphatic rings. The van der Waals surface area contributed by atoms with E-state index in [2.05, 4.69) is 98.9 Å².